The van der Waals surface area contributed by atoms with E-state index < -0.39 is 0 Å². The van der Waals surface area contributed by atoms with Crippen LogP contribution in [0, 0.1) is 3.70 Å². The third-order valence-electron chi connectivity index (χ3n) is 24.5. The van der Waals surface area contributed by atoms with Crippen LogP contribution in [0.15, 0.2) is 258 Å². The Kier molecular flexibility index (Phi) is 26.9. The molecular weight excluding hydrogens is 1710 g/mol. The molecule has 13 aromatic rings. The molecule has 0 radical (unpaired) electrons. The number of benzene rings is 10. The van der Waals surface area contributed by atoms with E-state index in [-0.39, 0.29) is 55.3 Å². The molecule has 5 fully saturated rings. The monoisotopic (exact) mass is 1820 g/mol. The summed E-state index contributed by atoms with van der Waals surface area (Å²) in [5, 5.41) is 17.4. The Labute approximate surface area is 734 Å². The normalized spacial score (nSPS) is 19.3. The average molecular weight is 1820 g/mol. The molecule has 0 bridgehead atoms. The molecule has 3 atom stereocenters. The number of ether oxygens (including phenoxy) is 3. The van der Waals surface area contributed by atoms with Gasteiger partial charge in [0.25, 0.3) is 0 Å². The molecule has 5 saturated heterocycles. The molecule has 0 aliphatic carbocycles. The summed E-state index contributed by atoms with van der Waals surface area (Å²) in [5.74, 6) is 0. The molecule has 16 nitrogen and oxygen atoms in total. The fraction of sp³-hybridized carbons (Fsp3) is 0.340. The third kappa shape index (κ3) is 20.3. The molecule has 8 aliphatic rings. The zero-order valence-electron chi connectivity index (χ0n) is 70.2. The van der Waals surface area contributed by atoms with Crippen LogP contribution in [-0.2, 0) is 78.1 Å². The van der Waals surface area contributed by atoms with Gasteiger partial charge in [-0.05, 0) is 310 Å². The van der Waals surface area contributed by atoms with Gasteiger partial charge < -0.3 is 32.8 Å². The van der Waals surface area contributed by atoms with Gasteiger partial charge in [-0.25, -0.2) is 14.0 Å². The fourth-order valence-corrected chi connectivity index (χ4v) is 17.6. The van der Waals surface area contributed by atoms with Crippen LogP contribution in [0.5, 0.6) is 0 Å². The molecule has 0 saturated carbocycles. The van der Waals surface area contributed by atoms with Crippen LogP contribution in [0.25, 0.3) is 32.7 Å². The highest BCUT2D eigenvalue weighted by atomic mass is 127. The molecule has 8 aliphatic heterocycles. The minimum absolute atomic E-state index is 0.0546. The Morgan fingerprint density at radius 2 is 0.750 bits per heavy atom. The Balaban J connectivity index is 0.000000108. The van der Waals surface area contributed by atoms with Crippen molar-refractivity contribution in [2.75, 3.05) is 19.8 Å². The van der Waals surface area contributed by atoms with E-state index in [0.29, 0.717) is 0 Å². The smallest absolute Gasteiger partial charge is 0.399 e. The van der Waals surface area contributed by atoms with Crippen molar-refractivity contribution in [2.24, 2.45) is 15.0 Å². The number of hydrogen-bond donors (Lipinski definition) is 0. The first-order chi connectivity index (χ1) is 58.2. The van der Waals surface area contributed by atoms with Gasteiger partial charge in [-0.1, -0.05) is 188 Å². The molecule has 0 spiro atoms. The Hall–Kier alpha value is -9.07. The maximum Gasteiger partial charge on any atom is 0.494 e. The first-order valence-electron chi connectivity index (χ1n) is 42.6. The molecule has 0 amide bonds. The zero-order valence-corrected chi connectivity index (χ0v) is 74.5. The van der Waals surface area contributed by atoms with Crippen molar-refractivity contribution < 1.29 is 32.8 Å². The summed E-state index contributed by atoms with van der Waals surface area (Å²) in [6, 6.07) is 81.6. The lowest BCUT2D eigenvalue weighted by Gasteiger charge is -2.32. The maximum absolute atomic E-state index is 6.15. The van der Waals surface area contributed by atoms with E-state index in [0.717, 1.165) is 133 Å². The van der Waals surface area contributed by atoms with Gasteiger partial charge >= 0.3 is 14.2 Å². The number of aliphatic imine (C=N–C) groups is 3. The van der Waals surface area contributed by atoms with Crippen molar-refractivity contribution in [2.45, 2.75) is 200 Å². The summed E-state index contributed by atoms with van der Waals surface area (Å²) in [4.78, 5) is 13.0. The van der Waals surface area contributed by atoms with Gasteiger partial charge in [-0.15, -0.1) is 0 Å². The van der Waals surface area contributed by atoms with Gasteiger partial charge in [0.05, 0.1) is 71.0 Å². The van der Waals surface area contributed by atoms with Crippen molar-refractivity contribution in [3.8, 4) is 0 Å². The van der Waals surface area contributed by atoms with Crippen molar-refractivity contribution in [3.05, 3.63) is 325 Å². The summed E-state index contributed by atoms with van der Waals surface area (Å²) in [5.41, 5.74) is 22.8. The molecular formula is C100H107B2I2N9O7. The van der Waals surface area contributed by atoms with E-state index in [1.165, 1.54) is 119 Å². The highest BCUT2D eigenvalue weighted by Gasteiger charge is 2.53. The molecule has 120 heavy (non-hydrogen) atoms. The van der Waals surface area contributed by atoms with Crippen LogP contribution in [0.3, 0.4) is 0 Å². The van der Waals surface area contributed by atoms with Gasteiger partial charge in [0, 0.05) is 54.0 Å². The lowest BCUT2D eigenvalue weighted by Crippen LogP contribution is -2.41. The number of fused-ring (bicyclic) bond motifs is 6. The van der Waals surface area contributed by atoms with E-state index in [2.05, 4.69) is 361 Å². The minimum Gasteiger partial charge on any atom is -0.399 e. The highest BCUT2D eigenvalue weighted by Crippen LogP contribution is 2.40. The van der Waals surface area contributed by atoms with Gasteiger partial charge in [-0.3, -0.25) is 15.0 Å². The van der Waals surface area contributed by atoms with Crippen LogP contribution >= 0.6 is 45.2 Å². The number of aromatic nitrogens is 6. The lowest BCUT2D eigenvalue weighted by atomic mass is 9.78. The summed E-state index contributed by atoms with van der Waals surface area (Å²) in [7, 11) is -0.622. The van der Waals surface area contributed by atoms with Crippen molar-refractivity contribution in [3.63, 3.8) is 0 Å². The average Bonchev–Trinajstić information content (AvgIpc) is 1.71. The second kappa shape index (κ2) is 38.1. The van der Waals surface area contributed by atoms with Crippen LogP contribution in [0.2, 0.25) is 0 Å². The van der Waals surface area contributed by atoms with E-state index in [9.17, 15) is 0 Å². The topological polar surface area (TPSA) is 155 Å². The minimum atomic E-state index is -0.339. The maximum atomic E-state index is 6.15. The molecule has 3 unspecified atom stereocenters. The van der Waals surface area contributed by atoms with Crippen LogP contribution < -0.4 is 10.9 Å². The second-order valence-electron chi connectivity index (χ2n) is 34.3. The van der Waals surface area contributed by atoms with Crippen LogP contribution in [0.4, 0.5) is 0 Å². The molecule has 10 aromatic carbocycles. The number of hydrogen-bond acceptors (Lipinski definition) is 13. The van der Waals surface area contributed by atoms with E-state index in [4.69, 9.17) is 37.9 Å². The molecule has 20 heteroatoms. The highest BCUT2D eigenvalue weighted by molar-refractivity contribution is 14.1. The predicted octanol–water partition coefficient (Wildman–Crippen LogP) is 21.4. The number of nitrogens with zero attached hydrogens (tertiary/aromatic N) is 9. The molecule has 21 rings (SSSR count). The van der Waals surface area contributed by atoms with E-state index in [1.54, 1.807) is 0 Å². The van der Waals surface area contributed by atoms with E-state index in [1.807, 2.05) is 34.2 Å². The Morgan fingerprint density at radius 1 is 0.367 bits per heavy atom. The Morgan fingerprint density at radius 3 is 1.23 bits per heavy atom. The summed E-state index contributed by atoms with van der Waals surface area (Å²) < 4.78 is 50.3. The molecule has 3 aromatic heterocycles. The van der Waals surface area contributed by atoms with Gasteiger partial charge in [-0.2, -0.15) is 15.3 Å². The summed E-state index contributed by atoms with van der Waals surface area (Å²) >= 11 is 4.66. The standard InChI is InChI=1S/C19H19IN2O.C19H20N2O.C18H25BN2O3.C15H12IN.C15H13N.C14H18BNO2/c20-19-16-13-15(12-14-6-2-1-3-7-14)9-10-17(16)22(21-19)18-8-4-5-11-23-18;1-2-6-15(7-3-1)12-16-9-10-18-17(13-16)14-20-21(18)19-8-4-5-11-22-19;1-17(2)18(3,4)24-19(23-17)14-8-9-15-13(11-14)12-20-21(15)16-7-5-6-10-22-16;16-15-14-9-12(6-7-13(14)10-17-15)8-11-4-2-1-3-5-11;1-2-4-12(5-3-1)8-13-6-7-14-10-16-11-15(14)9-13;1-13(2)14(3,4)18-15(17-13)12-6-5-10-8-16-9-11(10)7-12/h1-3,6-7,9-10,13,18H,4-5,8,11-12H2;1-3,6-7,9-10,13-14,19H,4-5,8,11-12H2;8-9,11-12,16H,5-7,10H2,1-4H3;1-7,9H,8,10H2;1-7,9,11H,8,10H2;5-7,9H,8H2,1-4H3. The lowest BCUT2D eigenvalue weighted by molar-refractivity contribution is -0.0369. The SMILES string of the molecule is C1=NCc2ccc(Cc3ccccc3)cc21.CC1(C)OB(c2ccc3c(c2)C=NC3)OC1(C)C.CC1(C)OB(c2ccc3c(cnn3C3CCCCO3)c2)OC1(C)C.IC1=NCc2ccc(Cc3ccccc3)cc21.Ic1nn(C2CCCCO2)c2ccc(Cc3ccccc3)cc12.c1ccc(Cc2ccc3c(cnn3C3CCCCO3)c2)cc1. The van der Waals surface area contributed by atoms with Gasteiger partial charge in [0.15, 0.2) is 18.7 Å². The van der Waals surface area contributed by atoms with Gasteiger partial charge in [0.2, 0.25) is 0 Å². The number of halogens is 2. The zero-order chi connectivity index (χ0) is 82.8. The predicted molar refractivity (Wildman–Crippen MR) is 503 cm³/mol. The first kappa shape index (κ1) is 84.5. The van der Waals surface area contributed by atoms with Gasteiger partial charge in [0.1, 0.15) is 7.42 Å². The molecule has 0 N–H and O–H groups in total. The molecule has 11 heterocycles. The summed E-state index contributed by atoms with van der Waals surface area (Å²) in [6.07, 6.45) is 22.2. The van der Waals surface area contributed by atoms with Crippen LogP contribution in [-0.4, -0.2) is 102 Å². The Bertz CT molecular complexity index is 5730. The third-order valence-corrected chi connectivity index (χ3v) is 26.2. The largest absolute Gasteiger partial charge is 0.494 e. The van der Waals surface area contributed by atoms with Crippen molar-refractivity contribution >= 4 is 119 Å². The quantitative estimate of drug-likeness (QED) is 0.0804. The second-order valence-corrected chi connectivity index (χ2v) is 36.3. The summed E-state index contributed by atoms with van der Waals surface area (Å²) in [6.45, 7) is 21.6. The van der Waals surface area contributed by atoms with Crippen molar-refractivity contribution in [1.29, 1.82) is 0 Å². The van der Waals surface area contributed by atoms with Crippen LogP contribution in [0.1, 0.15) is 210 Å². The molecule has 614 valence electrons. The fourth-order valence-electron chi connectivity index (χ4n) is 16.2. The van der Waals surface area contributed by atoms with E-state index >= 15 is 0 Å². The first-order valence-corrected chi connectivity index (χ1v) is 44.8. The number of rotatable bonds is 13. The van der Waals surface area contributed by atoms with Crippen molar-refractivity contribution in [1.82, 2.24) is 29.3 Å².